The fourth-order valence-corrected chi connectivity index (χ4v) is 3.20. The van der Waals surface area contributed by atoms with Gasteiger partial charge >= 0.3 is 0 Å². The number of benzene rings is 2. The van der Waals surface area contributed by atoms with Crippen molar-refractivity contribution in [2.45, 2.75) is 26.1 Å². The molecule has 0 saturated carbocycles. The van der Waals surface area contributed by atoms with Crippen LogP contribution in [-0.4, -0.2) is 61.8 Å². The maximum Gasteiger partial charge on any atom is 0.147 e. The van der Waals surface area contributed by atoms with Crippen LogP contribution in [0.5, 0.6) is 11.5 Å². The molecular formula is C22H26N2O5. The summed E-state index contributed by atoms with van der Waals surface area (Å²) >= 11 is 0. The van der Waals surface area contributed by atoms with Crippen molar-refractivity contribution in [1.29, 1.82) is 0 Å². The Morgan fingerprint density at radius 2 is 1.14 bits per heavy atom. The third-order valence-electron chi connectivity index (χ3n) is 4.53. The lowest BCUT2D eigenvalue weighted by molar-refractivity contribution is -0.0114. The molecule has 29 heavy (non-hydrogen) atoms. The van der Waals surface area contributed by atoms with E-state index in [4.69, 9.17) is 33.7 Å². The molecule has 0 saturated heterocycles. The van der Waals surface area contributed by atoms with Crippen molar-refractivity contribution in [3.8, 4) is 11.5 Å². The van der Waals surface area contributed by atoms with Crippen molar-refractivity contribution < 1.29 is 23.7 Å². The highest BCUT2D eigenvalue weighted by Crippen LogP contribution is 2.30. The third-order valence-corrected chi connectivity index (χ3v) is 4.53. The van der Waals surface area contributed by atoms with E-state index in [2.05, 4.69) is 0 Å². The van der Waals surface area contributed by atoms with Crippen molar-refractivity contribution in [2.24, 2.45) is 0 Å². The van der Waals surface area contributed by atoms with Crippen molar-refractivity contribution in [1.82, 2.24) is 9.97 Å². The Bertz CT molecular complexity index is 891. The van der Waals surface area contributed by atoms with E-state index in [1.807, 2.05) is 50.2 Å². The van der Waals surface area contributed by atoms with E-state index in [9.17, 15) is 0 Å². The van der Waals surface area contributed by atoms with Crippen LogP contribution in [0.25, 0.3) is 22.1 Å². The zero-order valence-electron chi connectivity index (χ0n) is 16.8. The number of rotatable bonds is 0. The van der Waals surface area contributed by atoms with Crippen LogP contribution in [0.15, 0.2) is 36.4 Å². The van der Waals surface area contributed by atoms with Crippen LogP contribution in [0.4, 0.5) is 0 Å². The van der Waals surface area contributed by atoms with Gasteiger partial charge in [0.25, 0.3) is 0 Å². The largest absolute Gasteiger partial charge is 0.486 e. The van der Waals surface area contributed by atoms with Crippen LogP contribution >= 0.6 is 0 Å². The molecule has 4 rings (SSSR count). The van der Waals surface area contributed by atoms with Crippen LogP contribution in [0, 0.1) is 0 Å². The van der Waals surface area contributed by atoms with Crippen LogP contribution in [0.1, 0.15) is 13.8 Å². The lowest BCUT2D eigenvalue weighted by Gasteiger charge is -2.18. The van der Waals surface area contributed by atoms with E-state index in [1.165, 1.54) is 0 Å². The van der Waals surface area contributed by atoms with Gasteiger partial charge in [0.15, 0.2) is 0 Å². The molecule has 0 aliphatic carbocycles. The molecule has 1 aliphatic heterocycles. The topological polar surface area (TPSA) is 71.9 Å². The molecule has 0 radical (unpaired) electrons. The van der Waals surface area contributed by atoms with E-state index in [0.29, 0.717) is 62.2 Å². The summed E-state index contributed by atoms with van der Waals surface area (Å²) in [6.07, 6.45) is -0.265. The van der Waals surface area contributed by atoms with Gasteiger partial charge in [-0.05, 0) is 38.1 Å². The van der Waals surface area contributed by atoms with Gasteiger partial charge < -0.3 is 23.7 Å². The SMILES string of the molecule is C[C@@H]1COCCOCCOC[C@@H](C)Oc2cccc3nc4cccc(c4nc23)O1. The molecule has 154 valence electrons. The minimum atomic E-state index is -0.133. The minimum absolute atomic E-state index is 0.133. The Balaban J connectivity index is 1.71. The molecule has 1 aliphatic rings. The highest BCUT2D eigenvalue weighted by molar-refractivity contribution is 5.92. The van der Waals surface area contributed by atoms with Crippen molar-refractivity contribution in [3.05, 3.63) is 36.4 Å². The first-order valence-electron chi connectivity index (χ1n) is 9.97. The van der Waals surface area contributed by atoms with Crippen LogP contribution in [0.3, 0.4) is 0 Å². The standard InChI is InChI=1S/C22H26N2O5/c1-15-13-26-11-9-25-10-12-27-14-16(2)29-20-8-4-6-18-22(20)24-21-17(23-18)5-3-7-19(21)28-15/h3-8,15-16H,9-14H2,1-2H3/t15-,16-/m1/s1. The molecule has 0 unspecified atom stereocenters. The lowest BCUT2D eigenvalue weighted by Crippen LogP contribution is -2.22. The van der Waals surface area contributed by atoms with E-state index < -0.39 is 0 Å². The molecule has 7 nitrogen and oxygen atoms in total. The van der Waals surface area contributed by atoms with E-state index in [1.54, 1.807) is 0 Å². The van der Waals surface area contributed by atoms with Gasteiger partial charge in [-0.1, -0.05) is 12.1 Å². The normalized spacial score (nSPS) is 22.1. The first-order chi connectivity index (χ1) is 14.2. The Labute approximate surface area is 169 Å². The zero-order valence-corrected chi connectivity index (χ0v) is 16.8. The Kier molecular flexibility index (Phi) is 6.39. The van der Waals surface area contributed by atoms with Gasteiger partial charge in [-0.2, -0.15) is 0 Å². The van der Waals surface area contributed by atoms with E-state index >= 15 is 0 Å². The Hall–Kier alpha value is -2.48. The predicted molar refractivity (Wildman–Crippen MR) is 110 cm³/mol. The molecule has 7 heteroatoms. The van der Waals surface area contributed by atoms with Gasteiger partial charge in [0.1, 0.15) is 34.7 Å². The second kappa shape index (κ2) is 9.35. The molecule has 2 heterocycles. The average Bonchev–Trinajstić information content (AvgIpc) is 2.71. The summed E-state index contributed by atoms with van der Waals surface area (Å²) in [6, 6.07) is 11.5. The van der Waals surface area contributed by atoms with Gasteiger partial charge in [-0.15, -0.1) is 0 Å². The fraction of sp³-hybridized carbons (Fsp3) is 0.455. The summed E-state index contributed by atoms with van der Waals surface area (Å²) in [4.78, 5) is 9.62. The zero-order chi connectivity index (χ0) is 20.1. The quantitative estimate of drug-likeness (QED) is 0.538. The van der Waals surface area contributed by atoms with E-state index in [0.717, 1.165) is 11.0 Å². The maximum atomic E-state index is 6.11. The van der Waals surface area contributed by atoms with Crippen LogP contribution in [-0.2, 0) is 14.2 Å². The lowest BCUT2D eigenvalue weighted by atomic mass is 10.2. The highest BCUT2D eigenvalue weighted by atomic mass is 16.6. The molecule has 1 aromatic heterocycles. The molecule has 0 N–H and O–H groups in total. The molecule has 2 aromatic carbocycles. The first kappa shape index (κ1) is 19.8. The van der Waals surface area contributed by atoms with Gasteiger partial charge in [-0.25, -0.2) is 9.97 Å². The molecular weight excluding hydrogens is 372 g/mol. The number of aromatic nitrogens is 2. The fourth-order valence-electron chi connectivity index (χ4n) is 3.20. The first-order valence-corrected chi connectivity index (χ1v) is 9.97. The Morgan fingerprint density at radius 3 is 1.66 bits per heavy atom. The summed E-state index contributed by atoms with van der Waals surface area (Å²) < 4.78 is 29.1. The molecule has 0 spiro atoms. The summed E-state index contributed by atoms with van der Waals surface area (Å²) in [6.45, 7) is 6.92. The number of nitrogens with zero attached hydrogens (tertiary/aromatic N) is 2. The number of hydrogen-bond acceptors (Lipinski definition) is 7. The van der Waals surface area contributed by atoms with Crippen molar-refractivity contribution in [3.63, 3.8) is 0 Å². The Morgan fingerprint density at radius 1 is 0.655 bits per heavy atom. The highest BCUT2D eigenvalue weighted by Gasteiger charge is 2.15. The predicted octanol–water partition coefficient (Wildman–Crippen LogP) is 3.38. The molecule has 0 fully saturated rings. The molecule has 0 amide bonds. The van der Waals surface area contributed by atoms with Crippen LogP contribution < -0.4 is 9.47 Å². The minimum Gasteiger partial charge on any atom is -0.486 e. The summed E-state index contributed by atoms with van der Waals surface area (Å²) in [5.74, 6) is 1.35. The maximum absolute atomic E-state index is 6.11. The summed E-state index contributed by atoms with van der Waals surface area (Å²) in [7, 11) is 0. The second-order valence-corrected chi connectivity index (χ2v) is 7.09. The van der Waals surface area contributed by atoms with Gasteiger partial charge in [0, 0.05) is 0 Å². The average molecular weight is 398 g/mol. The smallest absolute Gasteiger partial charge is 0.147 e. The monoisotopic (exact) mass is 398 g/mol. The van der Waals surface area contributed by atoms with Crippen LogP contribution in [0.2, 0.25) is 0 Å². The number of para-hydroxylation sites is 2. The summed E-state index contributed by atoms with van der Waals surface area (Å²) in [5.41, 5.74) is 2.96. The van der Waals surface area contributed by atoms with Crippen molar-refractivity contribution in [2.75, 3.05) is 39.6 Å². The van der Waals surface area contributed by atoms with Crippen molar-refractivity contribution >= 4 is 22.1 Å². The molecule has 2 atom stereocenters. The van der Waals surface area contributed by atoms with Gasteiger partial charge in [0.05, 0.1) is 50.7 Å². The number of hydrogen-bond donors (Lipinski definition) is 0. The summed E-state index contributed by atoms with van der Waals surface area (Å²) in [5, 5.41) is 0. The second-order valence-electron chi connectivity index (χ2n) is 7.09. The number of ether oxygens (including phenoxy) is 5. The molecule has 2 bridgehead atoms. The molecule has 3 aromatic rings. The van der Waals surface area contributed by atoms with Gasteiger partial charge in [0.2, 0.25) is 0 Å². The third kappa shape index (κ3) is 4.93. The van der Waals surface area contributed by atoms with Gasteiger partial charge in [-0.3, -0.25) is 0 Å². The van der Waals surface area contributed by atoms with E-state index in [-0.39, 0.29) is 12.2 Å².